The Morgan fingerprint density at radius 3 is 2.07 bits per heavy atom. The van der Waals surface area contributed by atoms with Crippen molar-refractivity contribution < 1.29 is 14.0 Å². The van der Waals surface area contributed by atoms with Crippen molar-refractivity contribution in [1.82, 2.24) is 10.2 Å². The summed E-state index contributed by atoms with van der Waals surface area (Å²) in [6.45, 7) is 0.0648. The number of benzene rings is 3. The molecule has 154 valence electrons. The van der Waals surface area contributed by atoms with Crippen molar-refractivity contribution in [2.24, 2.45) is 0 Å². The molecule has 0 saturated heterocycles. The Hall–Kier alpha value is -3.51. The molecule has 6 heteroatoms. The molecule has 5 nitrogen and oxygen atoms in total. The third-order valence-corrected chi connectivity index (χ3v) is 4.62. The number of nitrogens with one attached hydrogen (secondary N) is 2. The zero-order valence-corrected chi connectivity index (χ0v) is 16.9. The lowest BCUT2D eigenvalue weighted by Gasteiger charge is -2.20. The molecule has 3 aromatic carbocycles. The summed E-state index contributed by atoms with van der Waals surface area (Å²) in [6, 6.07) is 22.4. The minimum atomic E-state index is -0.306. The van der Waals surface area contributed by atoms with E-state index in [1.54, 1.807) is 50.5 Å². The molecular formula is C24H24FN3O2. The van der Waals surface area contributed by atoms with Crippen LogP contribution >= 0.6 is 0 Å². The number of halogens is 1. The molecule has 0 saturated carbocycles. The first-order chi connectivity index (χ1) is 14.4. The number of anilines is 1. The Labute approximate surface area is 175 Å². The standard InChI is InChI=1S/C24H24FN3O2/c1-28(2)24(30)19-10-14-21(15-11-19)27-22(29)16-26-23(17-6-4-3-5-7-17)18-8-12-20(25)13-9-18/h3-15,23,26H,16H2,1-2H3,(H,27,29). The third-order valence-electron chi connectivity index (χ3n) is 4.62. The highest BCUT2D eigenvalue weighted by Crippen LogP contribution is 2.22. The van der Waals surface area contributed by atoms with Crippen molar-refractivity contribution in [3.63, 3.8) is 0 Å². The summed E-state index contributed by atoms with van der Waals surface area (Å²) in [5.41, 5.74) is 3.00. The van der Waals surface area contributed by atoms with Crippen molar-refractivity contribution >= 4 is 17.5 Å². The van der Waals surface area contributed by atoms with E-state index in [1.165, 1.54) is 17.0 Å². The lowest BCUT2D eigenvalue weighted by atomic mass is 9.98. The van der Waals surface area contributed by atoms with Crippen molar-refractivity contribution in [3.05, 3.63) is 101 Å². The average molecular weight is 405 g/mol. The van der Waals surface area contributed by atoms with Gasteiger partial charge in [0.15, 0.2) is 0 Å². The molecule has 0 bridgehead atoms. The Morgan fingerprint density at radius 1 is 0.867 bits per heavy atom. The Balaban J connectivity index is 1.66. The molecule has 0 heterocycles. The van der Waals surface area contributed by atoms with Crippen LogP contribution in [0.25, 0.3) is 0 Å². The van der Waals surface area contributed by atoms with Gasteiger partial charge in [0.2, 0.25) is 5.91 Å². The van der Waals surface area contributed by atoms with Crippen molar-refractivity contribution in [3.8, 4) is 0 Å². The van der Waals surface area contributed by atoms with Crippen LogP contribution in [0.3, 0.4) is 0 Å². The van der Waals surface area contributed by atoms with E-state index < -0.39 is 0 Å². The number of carbonyl (C=O) groups is 2. The number of nitrogens with zero attached hydrogens (tertiary/aromatic N) is 1. The summed E-state index contributed by atoms with van der Waals surface area (Å²) in [5.74, 6) is -0.622. The van der Waals surface area contributed by atoms with E-state index in [0.717, 1.165) is 11.1 Å². The molecule has 1 atom stereocenters. The van der Waals surface area contributed by atoms with Crippen molar-refractivity contribution in [2.45, 2.75) is 6.04 Å². The Bertz CT molecular complexity index is 987. The quantitative estimate of drug-likeness (QED) is 0.628. The molecule has 0 aliphatic heterocycles. The van der Waals surface area contributed by atoms with Gasteiger partial charge in [-0.3, -0.25) is 14.9 Å². The van der Waals surface area contributed by atoms with Gasteiger partial charge in [0.1, 0.15) is 5.82 Å². The van der Waals surface area contributed by atoms with E-state index in [9.17, 15) is 14.0 Å². The molecule has 3 rings (SSSR count). The molecule has 0 spiro atoms. The Morgan fingerprint density at radius 2 is 1.47 bits per heavy atom. The van der Waals surface area contributed by atoms with Gasteiger partial charge in [-0.05, 0) is 47.5 Å². The maximum Gasteiger partial charge on any atom is 0.253 e. The fraction of sp³-hybridized carbons (Fsp3) is 0.167. The number of carbonyl (C=O) groups excluding carboxylic acids is 2. The maximum absolute atomic E-state index is 13.3. The molecule has 3 aromatic rings. The van der Waals surface area contributed by atoms with Crippen LogP contribution in [0.15, 0.2) is 78.9 Å². The Kier molecular flexibility index (Phi) is 6.93. The van der Waals surface area contributed by atoms with E-state index in [4.69, 9.17) is 0 Å². The summed E-state index contributed by atoms with van der Waals surface area (Å²) < 4.78 is 13.3. The van der Waals surface area contributed by atoms with Crippen LogP contribution in [0.4, 0.5) is 10.1 Å². The second-order valence-electron chi connectivity index (χ2n) is 7.10. The van der Waals surface area contributed by atoms with Gasteiger partial charge in [0.05, 0.1) is 12.6 Å². The molecular weight excluding hydrogens is 381 g/mol. The monoisotopic (exact) mass is 405 g/mol. The minimum absolute atomic E-state index is 0.0648. The second-order valence-corrected chi connectivity index (χ2v) is 7.10. The lowest BCUT2D eigenvalue weighted by Crippen LogP contribution is -2.32. The van der Waals surface area contributed by atoms with Crippen LogP contribution in [0.1, 0.15) is 27.5 Å². The topological polar surface area (TPSA) is 61.4 Å². The largest absolute Gasteiger partial charge is 0.345 e. The predicted octanol–water partition coefficient (Wildman–Crippen LogP) is 3.85. The highest BCUT2D eigenvalue weighted by Gasteiger charge is 2.15. The van der Waals surface area contributed by atoms with E-state index >= 15 is 0 Å². The summed E-state index contributed by atoms with van der Waals surface area (Å²) >= 11 is 0. The molecule has 0 aromatic heterocycles. The van der Waals surface area contributed by atoms with Gasteiger partial charge in [0.25, 0.3) is 5.91 Å². The first kappa shape index (κ1) is 21.2. The van der Waals surface area contributed by atoms with Gasteiger partial charge >= 0.3 is 0 Å². The molecule has 0 radical (unpaired) electrons. The van der Waals surface area contributed by atoms with Crippen LogP contribution in [-0.2, 0) is 4.79 Å². The molecule has 2 amide bonds. The first-order valence-electron chi connectivity index (χ1n) is 9.59. The fourth-order valence-electron chi connectivity index (χ4n) is 3.08. The molecule has 1 unspecified atom stereocenters. The number of hydrogen-bond acceptors (Lipinski definition) is 3. The van der Waals surface area contributed by atoms with E-state index in [2.05, 4.69) is 10.6 Å². The fourth-order valence-corrected chi connectivity index (χ4v) is 3.08. The van der Waals surface area contributed by atoms with Crippen LogP contribution in [0.2, 0.25) is 0 Å². The zero-order valence-electron chi connectivity index (χ0n) is 16.9. The SMILES string of the molecule is CN(C)C(=O)c1ccc(NC(=O)CNC(c2ccccc2)c2ccc(F)cc2)cc1. The van der Waals surface area contributed by atoms with E-state index in [1.807, 2.05) is 30.3 Å². The summed E-state index contributed by atoms with van der Waals surface area (Å²) in [5, 5.41) is 6.06. The summed E-state index contributed by atoms with van der Waals surface area (Å²) in [6.07, 6.45) is 0. The van der Waals surface area contributed by atoms with Gasteiger partial charge in [-0.2, -0.15) is 0 Å². The molecule has 0 aliphatic rings. The summed E-state index contributed by atoms with van der Waals surface area (Å²) in [7, 11) is 3.38. The second kappa shape index (κ2) is 9.80. The van der Waals surface area contributed by atoms with E-state index in [0.29, 0.717) is 11.3 Å². The summed E-state index contributed by atoms with van der Waals surface area (Å²) in [4.78, 5) is 25.9. The smallest absolute Gasteiger partial charge is 0.253 e. The van der Waals surface area contributed by atoms with Crippen LogP contribution in [0.5, 0.6) is 0 Å². The van der Waals surface area contributed by atoms with Crippen LogP contribution in [-0.4, -0.2) is 37.4 Å². The predicted molar refractivity (Wildman–Crippen MR) is 116 cm³/mol. The van der Waals surface area contributed by atoms with Crippen molar-refractivity contribution in [2.75, 3.05) is 26.0 Å². The third kappa shape index (κ3) is 5.52. The number of amides is 2. The van der Waals surface area contributed by atoms with Gasteiger partial charge in [-0.1, -0.05) is 42.5 Å². The molecule has 0 aliphatic carbocycles. The maximum atomic E-state index is 13.3. The minimum Gasteiger partial charge on any atom is -0.345 e. The molecule has 30 heavy (non-hydrogen) atoms. The van der Waals surface area contributed by atoms with Crippen LogP contribution in [0, 0.1) is 5.82 Å². The average Bonchev–Trinajstić information content (AvgIpc) is 2.76. The normalized spacial score (nSPS) is 11.6. The number of hydrogen-bond donors (Lipinski definition) is 2. The highest BCUT2D eigenvalue weighted by atomic mass is 19.1. The van der Waals surface area contributed by atoms with Crippen molar-refractivity contribution in [1.29, 1.82) is 0 Å². The molecule has 2 N–H and O–H groups in total. The van der Waals surface area contributed by atoms with Gasteiger partial charge < -0.3 is 10.2 Å². The highest BCUT2D eigenvalue weighted by molar-refractivity contribution is 5.96. The van der Waals surface area contributed by atoms with Gasteiger partial charge in [-0.15, -0.1) is 0 Å². The zero-order chi connectivity index (χ0) is 21.5. The number of rotatable bonds is 7. The first-order valence-corrected chi connectivity index (χ1v) is 9.59. The van der Waals surface area contributed by atoms with Gasteiger partial charge in [0, 0.05) is 25.3 Å². The van der Waals surface area contributed by atoms with Crippen LogP contribution < -0.4 is 10.6 Å². The molecule has 0 fully saturated rings. The van der Waals surface area contributed by atoms with E-state index in [-0.39, 0.29) is 30.2 Å². The van der Waals surface area contributed by atoms with Gasteiger partial charge in [-0.25, -0.2) is 4.39 Å². The lowest BCUT2D eigenvalue weighted by molar-refractivity contribution is -0.115.